The van der Waals surface area contributed by atoms with Crippen molar-refractivity contribution in [2.75, 3.05) is 26.3 Å². The SMILES string of the molecule is CCCNCC1(C2CC2)CCOCC1. The molecule has 82 valence electrons. The summed E-state index contributed by atoms with van der Waals surface area (Å²) >= 11 is 0. The molecule has 2 heteroatoms. The number of ether oxygens (including phenoxy) is 1. The quantitative estimate of drug-likeness (QED) is 0.682. The van der Waals surface area contributed by atoms with Gasteiger partial charge in [0.05, 0.1) is 0 Å². The molecule has 0 aromatic heterocycles. The first-order valence-electron chi connectivity index (χ1n) is 6.16. The lowest BCUT2D eigenvalue weighted by atomic mass is 9.75. The average Bonchev–Trinajstić information content (AvgIpc) is 3.03. The van der Waals surface area contributed by atoms with Gasteiger partial charge in [0.2, 0.25) is 0 Å². The van der Waals surface area contributed by atoms with Crippen LogP contribution in [0, 0.1) is 11.3 Å². The van der Waals surface area contributed by atoms with Crippen LogP contribution in [0.5, 0.6) is 0 Å². The van der Waals surface area contributed by atoms with E-state index in [1.807, 2.05) is 0 Å². The summed E-state index contributed by atoms with van der Waals surface area (Å²) in [5, 5.41) is 3.61. The molecule has 14 heavy (non-hydrogen) atoms. The summed E-state index contributed by atoms with van der Waals surface area (Å²) in [7, 11) is 0. The normalized spacial score (nSPS) is 26.4. The third kappa shape index (κ3) is 2.29. The molecule has 1 saturated heterocycles. The zero-order valence-corrected chi connectivity index (χ0v) is 9.35. The van der Waals surface area contributed by atoms with E-state index in [0.29, 0.717) is 5.41 Å². The molecule has 2 nitrogen and oxygen atoms in total. The van der Waals surface area contributed by atoms with E-state index < -0.39 is 0 Å². The van der Waals surface area contributed by atoms with Gasteiger partial charge in [0, 0.05) is 19.8 Å². The van der Waals surface area contributed by atoms with Gasteiger partial charge in [0.25, 0.3) is 0 Å². The highest BCUT2D eigenvalue weighted by molar-refractivity contribution is 4.96. The predicted octanol–water partition coefficient (Wildman–Crippen LogP) is 2.19. The van der Waals surface area contributed by atoms with Crippen molar-refractivity contribution in [1.82, 2.24) is 5.32 Å². The van der Waals surface area contributed by atoms with Crippen LogP contribution in [-0.2, 0) is 4.74 Å². The first-order valence-corrected chi connectivity index (χ1v) is 6.16. The summed E-state index contributed by atoms with van der Waals surface area (Å²) in [6.45, 7) is 6.62. The Kier molecular flexibility index (Phi) is 3.45. The molecule has 0 bridgehead atoms. The number of rotatable bonds is 5. The van der Waals surface area contributed by atoms with Crippen molar-refractivity contribution in [3.05, 3.63) is 0 Å². The maximum Gasteiger partial charge on any atom is 0.0471 e. The molecule has 0 radical (unpaired) electrons. The predicted molar refractivity (Wildman–Crippen MR) is 58.4 cm³/mol. The van der Waals surface area contributed by atoms with Crippen LogP contribution < -0.4 is 5.32 Å². The van der Waals surface area contributed by atoms with Crippen LogP contribution in [-0.4, -0.2) is 26.3 Å². The highest BCUT2D eigenvalue weighted by Gasteiger charge is 2.45. The van der Waals surface area contributed by atoms with Gasteiger partial charge in [-0.15, -0.1) is 0 Å². The lowest BCUT2D eigenvalue weighted by molar-refractivity contribution is 0.00309. The Hall–Kier alpha value is -0.0800. The van der Waals surface area contributed by atoms with Crippen LogP contribution >= 0.6 is 0 Å². The summed E-state index contributed by atoms with van der Waals surface area (Å²) < 4.78 is 5.48. The van der Waals surface area contributed by atoms with Crippen LogP contribution in [0.4, 0.5) is 0 Å². The summed E-state index contributed by atoms with van der Waals surface area (Å²) in [5.74, 6) is 1.01. The van der Waals surface area contributed by atoms with E-state index in [9.17, 15) is 0 Å². The molecule has 1 heterocycles. The van der Waals surface area contributed by atoms with Gasteiger partial charge in [0.1, 0.15) is 0 Å². The van der Waals surface area contributed by atoms with Gasteiger partial charge >= 0.3 is 0 Å². The van der Waals surface area contributed by atoms with Gasteiger partial charge in [0.15, 0.2) is 0 Å². The smallest absolute Gasteiger partial charge is 0.0471 e. The van der Waals surface area contributed by atoms with Crippen molar-refractivity contribution >= 4 is 0 Å². The molecule has 0 amide bonds. The molecule has 0 atom stereocenters. The molecule has 2 rings (SSSR count). The van der Waals surface area contributed by atoms with E-state index in [4.69, 9.17) is 4.74 Å². The molecular formula is C12H23NO. The third-order valence-electron chi connectivity index (χ3n) is 3.84. The standard InChI is InChI=1S/C12H23NO/c1-2-7-13-10-12(11-3-4-11)5-8-14-9-6-12/h11,13H,2-10H2,1H3. The molecule has 0 unspecified atom stereocenters. The minimum atomic E-state index is 0.605. The molecule has 1 aliphatic carbocycles. The summed E-state index contributed by atoms with van der Waals surface area (Å²) in [6.07, 6.45) is 6.75. The van der Waals surface area contributed by atoms with Gasteiger partial charge in [-0.05, 0) is 50.0 Å². The van der Waals surface area contributed by atoms with E-state index in [2.05, 4.69) is 12.2 Å². The Labute approximate surface area is 87.4 Å². The van der Waals surface area contributed by atoms with E-state index >= 15 is 0 Å². The fourth-order valence-electron chi connectivity index (χ4n) is 2.72. The monoisotopic (exact) mass is 197 g/mol. The second-order valence-corrected chi connectivity index (χ2v) is 4.93. The fourth-order valence-corrected chi connectivity index (χ4v) is 2.72. The minimum absolute atomic E-state index is 0.605. The molecule has 1 N–H and O–H groups in total. The third-order valence-corrected chi connectivity index (χ3v) is 3.84. The molecule has 1 saturated carbocycles. The fraction of sp³-hybridized carbons (Fsp3) is 1.00. The Balaban J connectivity index is 1.84. The molecule has 0 aromatic carbocycles. The summed E-state index contributed by atoms with van der Waals surface area (Å²) in [5.41, 5.74) is 0.605. The van der Waals surface area contributed by atoms with Crippen LogP contribution in [0.15, 0.2) is 0 Å². The summed E-state index contributed by atoms with van der Waals surface area (Å²) in [4.78, 5) is 0. The highest BCUT2D eigenvalue weighted by Crippen LogP contribution is 2.50. The Morgan fingerprint density at radius 3 is 2.57 bits per heavy atom. The maximum atomic E-state index is 5.48. The van der Waals surface area contributed by atoms with Gasteiger partial charge in [-0.2, -0.15) is 0 Å². The molecule has 0 spiro atoms. The van der Waals surface area contributed by atoms with Crippen LogP contribution in [0.1, 0.15) is 39.0 Å². The second kappa shape index (κ2) is 4.63. The molecular weight excluding hydrogens is 174 g/mol. The van der Waals surface area contributed by atoms with Crippen molar-refractivity contribution in [3.8, 4) is 0 Å². The minimum Gasteiger partial charge on any atom is -0.381 e. The van der Waals surface area contributed by atoms with Crippen molar-refractivity contribution < 1.29 is 4.74 Å². The Morgan fingerprint density at radius 1 is 1.29 bits per heavy atom. The second-order valence-electron chi connectivity index (χ2n) is 4.93. The largest absolute Gasteiger partial charge is 0.381 e. The number of hydrogen-bond donors (Lipinski definition) is 1. The van der Waals surface area contributed by atoms with Gasteiger partial charge < -0.3 is 10.1 Å². The maximum absolute atomic E-state index is 5.48. The van der Waals surface area contributed by atoms with Gasteiger partial charge in [-0.1, -0.05) is 6.92 Å². The average molecular weight is 197 g/mol. The highest BCUT2D eigenvalue weighted by atomic mass is 16.5. The lowest BCUT2D eigenvalue weighted by Gasteiger charge is -2.38. The van der Waals surface area contributed by atoms with Crippen LogP contribution in [0.25, 0.3) is 0 Å². The lowest BCUT2D eigenvalue weighted by Crippen LogP contribution is -2.41. The van der Waals surface area contributed by atoms with Crippen molar-refractivity contribution in [2.45, 2.75) is 39.0 Å². The van der Waals surface area contributed by atoms with E-state index in [1.54, 1.807) is 0 Å². The first kappa shape index (κ1) is 10.4. The van der Waals surface area contributed by atoms with E-state index in [1.165, 1.54) is 45.2 Å². The molecule has 2 fully saturated rings. The molecule has 0 aromatic rings. The zero-order valence-electron chi connectivity index (χ0n) is 9.35. The topological polar surface area (TPSA) is 21.3 Å². The summed E-state index contributed by atoms with van der Waals surface area (Å²) in [6, 6.07) is 0. The number of hydrogen-bond acceptors (Lipinski definition) is 2. The van der Waals surface area contributed by atoms with Gasteiger partial charge in [-0.3, -0.25) is 0 Å². The first-order chi connectivity index (χ1) is 6.87. The van der Waals surface area contributed by atoms with E-state index in [-0.39, 0.29) is 0 Å². The molecule has 2 aliphatic rings. The molecule has 1 aliphatic heterocycles. The van der Waals surface area contributed by atoms with E-state index in [0.717, 1.165) is 19.1 Å². The number of nitrogens with one attached hydrogen (secondary N) is 1. The van der Waals surface area contributed by atoms with Gasteiger partial charge in [-0.25, -0.2) is 0 Å². The zero-order chi connectivity index (χ0) is 9.86. The van der Waals surface area contributed by atoms with Crippen molar-refractivity contribution in [2.24, 2.45) is 11.3 Å². The van der Waals surface area contributed by atoms with Crippen LogP contribution in [0.3, 0.4) is 0 Å². The van der Waals surface area contributed by atoms with Crippen molar-refractivity contribution in [1.29, 1.82) is 0 Å². The Morgan fingerprint density at radius 2 is 2.00 bits per heavy atom. The van der Waals surface area contributed by atoms with Crippen LogP contribution in [0.2, 0.25) is 0 Å². The van der Waals surface area contributed by atoms with Crippen molar-refractivity contribution in [3.63, 3.8) is 0 Å². The Bertz CT molecular complexity index is 171.